The van der Waals surface area contributed by atoms with Gasteiger partial charge in [0, 0.05) is 30.7 Å². The molecule has 19 heavy (non-hydrogen) atoms. The van der Waals surface area contributed by atoms with E-state index < -0.39 is 0 Å². The molecule has 0 bridgehead atoms. The van der Waals surface area contributed by atoms with Crippen molar-refractivity contribution in [3.63, 3.8) is 0 Å². The number of nitrogens with zero attached hydrogens (tertiary/aromatic N) is 1. The molecule has 2 aliphatic rings. The van der Waals surface area contributed by atoms with Crippen molar-refractivity contribution in [1.82, 2.24) is 4.90 Å². The number of aliphatic hydroxyl groups excluding tert-OH is 1. The van der Waals surface area contributed by atoms with Gasteiger partial charge in [-0.05, 0) is 38.1 Å². The van der Waals surface area contributed by atoms with Crippen molar-refractivity contribution in [3.05, 3.63) is 0 Å². The van der Waals surface area contributed by atoms with Gasteiger partial charge in [0.15, 0.2) is 0 Å². The van der Waals surface area contributed by atoms with Gasteiger partial charge in [-0.3, -0.25) is 0 Å². The highest BCUT2D eigenvalue weighted by molar-refractivity contribution is 7.99. The maximum Gasteiger partial charge on any atom is 0.0681 e. The number of piperidine rings is 1. The molecular formula is C15H29NO2S. The molecule has 1 heterocycles. The highest BCUT2D eigenvalue weighted by Gasteiger charge is 2.55. The summed E-state index contributed by atoms with van der Waals surface area (Å²) in [5.41, 5.74) is 0.0811. The highest BCUT2D eigenvalue weighted by atomic mass is 32.2. The van der Waals surface area contributed by atoms with Crippen molar-refractivity contribution in [2.24, 2.45) is 5.41 Å². The second-order valence-electron chi connectivity index (χ2n) is 6.19. The first-order chi connectivity index (χ1) is 9.08. The predicted octanol–water partition coefficient (Wildman–Crippen LogP) is 2.38. The van der Waals surface area contributed by atoms with Crippen molar-refractivity contribution in [2.45, 2.75) is 57.5 Å². The van der Waals surface area contributed by atoms with E-state index in [4.69, 9.17) is 4.74 Å². The van der Waals surface area contributed by atoms with E-state index in [1.54, 1.807) is 0 Å². The van der Waals surface area contributed by atoms with Crippen molar-refractivity contribution in [1.29, 1.82) is 0 Å². The van der Waals surface area contributed by atoms with Crippen LogP contribution in [0.3, 0.4) is 0 Å². The van der Waals surface area contributed by atoms with Crippen molar-refractivity contribution < 1.29 is 9.84 Å². The molecule has 1 aliphatic carbocycles. The van der Waals surface area contributed by atoms with Gasteiger partial charge >= 0.3 is 0 Å². The standard InChI is InChI=1S/C15H29NO2S/c1-4-18-14-11-13(17)15(14)5-7-16(8-6-15)9-10-19-12(2)3/h12-14,17H,4-11H2,1-3H3/t13-,14+/m0/s1. The van der Waals surface area contributed by atoms with Crippen LogP contribution in [0.1, 0.15) is 40.0 Å². The summed E-state index contributed by atoms with van der Waals surface area (Å²) in [4.78, 5) is 2.55. The monoisotopic (exact) mass is 287 g/mol. The molecule has 0 aromatic carbocycles. The maximum atomic E-state index is 10.2. The molecule has 0 aromatic heterocycles. The summed E-state index contributed by atoms with van der Waals surface area (Å²) in [7, 11) is 0. The van der Waals surface area contributed by atoms with Crippen molar-refractivity contribution in [3.8, 4) is 0 Å². The molecule has 0 radical (unpaired) electrons. The van der Waals surface area contributed by atoms with Crippen LogP contribution >= 0.6 is 11.8 Å². The number of rotatable bonds is 6. The maximum absolute atomic E-state index is 10.2. The first-order valence-electron chi connectivity index (χ1n) is 7.72. The summed E-state index contributed by atoms with van der Waals surface area (Å²) < 4.78 is 5.81. The van der Waals surface area contributed by atoms with Gasteiger partial charge in [0.2, 0.25) is 0 Å². The van der Waals surface area contributed by atoms with E-state index in [0.717, 1.165) is 44.2 Å². The van der Waals surface area contributed by atoms with Gasteiger partial charge in [0.25, 0.3) is 0 Å². The summed E-state index contributed by atoms with van der Waals surface area (Å²) in [6, 6.07) is 0. The Balaban J connectivity index is 1.75. The van der Waals surface area contributed by atoms with Gasteiger partial charge in [-0.1, -0.05) is 13.8 Å². The average Bonchev–Trinajstić information content (AvgIpc) is 2.39. The SMILES string of the molecule is CCO[C@@H]1C[C@H](O)C12CCN(CCSC(C)C)CC2. The Morgan fingerprint density at radius 2 is 2.05 bits per heavy atom. The van der Waals surface area contributed by atoms with Crippen molar-refractivity contribution in [2.75, 3.05) is 32.0 Å². The third-order valence-electron chi connectivity index (χ3n) is 4.76. The van der Waals surface area contributed by atoms with Crippen LogP contribution in [0, 0.1) is 5.41 Å². The molecule has 1 saturated carbocycles. The van der Waals surface area contributed by atoms with Gasteiger partial charge in [0.1, 0.15) is 0 Å². The Hall–Kier alpha value is 0.230. The Morgan fingerprint density at radius 3 is 2.58 bits per heavy atom. The summed E-state index contributed by atoms with van der Waals surface area (Å²) in [5, 5.41) is 10.9. The van der Waals surface area contributed by atoms with Crippen LogP contribution in [0.2, 0.25) is 0 Å². The first kappa shape index (κ1) is 15.6. The van der Waals surface area contributed by atoms with E-state index in [1.165, 1.54) is 12.3 Å². The first-order valence-corrected chi connectivity index (χ1v) is 8.77. The molecule has 4 heteroatoms. The number of thioether (sulfide) groups is 1. The summed E-state index contributed by atoms with van der Waals surface area (Å²) in [5.74, 6) is 1.22. The summed E-state index contributed by atoms with van der Waals surface area (Å²) in [6.07, 6.45) is 3.23. The largest absolute Gasteiger partial charge is 0.392 e. The lowest BCUT2D eigenvalue weighted by Crippen LogP contribution is -2.62. The van der Waals surface area contributed by atoms with Gasteiger partial charge in [-0.2, -0.15) is 11.8 Å². The Labute approximate surface area is 122 Å². The van der Waals surface area contributed by atoms with Crippen LogP contribution in [0.25, 0.3) is 0 Å². The molecule has 0 aromatic rings. The molecule has 0 amide bonds. The zero-order chi connectivity index (χ0) is 13.9. The third kappa shape index (κ3) is 3.46. The van der Waals surface area contributed by atoms with Crippen molar-refractivity contribution >= 4 is 11.8 Å². The minimum atomic E-state index is -0.128. The lowest BCUT2D eigenvalue weighted by molar-refractivity contribution is -0.209. The lowest BCUT2D eigenvalue weighted by atomic mass is 9.58. The number of hydrogen-bond donors (Lipinski definition) is 1. The normalized spacial score (nSPS) is 30.8. The van der Waals surface area contributed by atoms with E-state index >= 15 is 0 Å². The topological polar surface area (TPSA) is 32.7 Å². The molecule has 1 N–H and O–H groups in total. The number of aliphatic hydroxyl groups is 1. The zero-order valence-corrected chi connectivity index (χ0v) is 13.4. The molecule has 2 fully saturated rings. The van der Waals surface area contributed by atoms with Crippen LogP contribution in [0.4, 0.5) is 0 Å². The smallest absolute Gasteiger partial charge is 0.0681 e. The van der Waals surface area contributed by atoms with Crippen LogP contribution in [-0.4, -0.2) is 59.5 Å². The highest BCUT2D eigenvalue weighted by Crippen LogP contribution is 2.50. The zero-order valence-electron chi connectivity index (χ0n) is 12.6. The van der Waals surface area contributed by atoms with E-state index in [9.17, 15) is 5.11 Å². The summed E-state index contributed by atoms with van der Waals surface area (Å²) >= 11 is 2.04. The molecule has 1 saturated heterocycles. The fourth-order valence-electron chi connectivity index (χ4n) is 3.43. The Morgan fingerprint density at radius 1 is 1.37 bits per heavy atom. The molecular weight excluding hydrogens is 258 g/mol. The average molecular weight is 287 g/mol. The van der Waals surface area contributed by atoms with Gasteiger partial charge in [-0.25, -0.2) is 0 Å². The van der Waals surface area contributed by atoms with E-state index in [-0.39, 0.29) is 11.5 Å². The van der Waals surface area contributed by atoms with Gasteiger partial charge < -0.3 is 14.7 Å². The second kappa shape index (κ2) is 6.79. The molecule has 112 valence electrons. The van der Waals surface area contributed by atoms with Crippen LogP contribution in [-0.2, 0) is 4.74 Å². The van der Waals surface area contributed by atoms with Crippen LogP contribution in [0.5, 0.6) is 0 Å². The summed E-state index contributed by atoms with van der Waals surface area (Å²) in [6.45, 7) is 10.8. The fraction of sp³-hybridized carbons (Fsp3) is 1.00. The van der Waals surface area contributed by atoms with Gasteiger partial charge in [-0.15, -0.1) is 0 Å². The quantitative estimate of drug-likeness (QED) is 0.813. The molecule has 0 unspecified atom stereocenters. The number of hydrogen-bond acceptors (Lipinski definition) is 4. The minimum Gasteiger partial charge on any atom is -0.392 e. The predicted molar refractivity (Wildman–Crippen MR) is 81.7 cm³/mol. The molecule has 2 atom stereocenters. The molecule has 3 nitrogen and oxygen atoms in total. The Bertz CT molecular complexity index is 275. The van der Waals surface area contributed by atoms with E-state index in [0.29, 0.717) is 6.10 Å². The van der Waals surface area contributed by atoms with Crippen LogP contribution < -0.4 is 0 Å². The molecule has 1 aliphatic heterocycles. The Kier molecular flexibility index (Phi) is 5.58. The second-order valence-corrected chi connectivity index (χ2v) is 7.87. The number of likely N-dealkylation sites (tertiary alicyclic amines) is 1. The van der Waals surface area contributed by atoms with E-state index in [2.05, 4.69) is 25.7 Å². The van der Waals surface area contributed by atoms with E-state index in [1.807, 2.05) is 11.8 Å². The molecule has 2 rings (SSSR count). The lowest BCUT2D eigenvalue weighted by Gasteiger charge is -2.56. The molecule has 1 spiro atoms. The fourth-order valence-corrected chi connectivity index (χ4v) is 4.26. The van der Waals surface area contributed by atoms with Crippen LogP contribution in [0.15, 0.2) is 0 Å². The number of ether oxygens (including phenoxy) is 1. The van der Waals surface area contributed by atoms with Gasteiger partial charge in [0.05, 0.1) is 12.2 Å². The minimum absolute atomic E-state index is 0.0811. The third-order valence-corrected chi connectivity index (χ3v) is 5.84.